The van der Waals surface area contributed by atoms with Crippen LogP contribution in [0.25, 0.3) is 0 Å². The molecule has 0 N–H and O–H groups in total. The zero-order valence-electron chi connectivity index (χ0n) is 23.4. The molecule has 0 radical (unpaired) electrons. The van der Waals surface area contributed by atoms with Crippen molar-refractivity contribution in [1.82, 2.24) is 9.80 Å². The summed E-state index contributed by atoms with van der Waals surface area (Å²) in [6, 6.07) is 9.58. The fourth-order valence-electron chi connectivity index (χ4n) is 4.28. The summed E-state index contributed by atoms with van der Waals surface area (Å²) in [4.78, 5) is 29.7. The molecule has 1 fully saturated rings. The number of piperazine rings is 1. The third-order valence-corrected chi connectivity index (χ3v) is 10.8. The van der Waals surface area contributed by atoms with E-state index in [1.165, 1.54) is 23.3 Å². The van der Waals surface area contributed by atoms with Crippen LogP contribution in [0.15, 0.2) is 56.1 Å². The van der Waals surface area contributed by atoms with E-state index < -0.39 is 15.1 Å². The molecule has 1 amide bonds. The van der Waals surface area contributed by atoms with Crippen molar-refractivity contribution in [2.75, 3.05) is 26.2 Å². The highest BCUT2D eigenvalue weighted by Crippen LogP contribution is 2.34. The maximum absolute atomic E-state index is 13.1. The maximum Gasteiger partial charge on any atom is 0.265 e. The lowest BCUT2D eigenvalue weighted by Crippen LogP contribution is -2.48. The lowest BCUT2D eigenvalue weighted by Gasteiger charge is -2.34. The van der Waals surface area contributed by atoms with E-state index in [0.717, 1.165) is 16.9 Å². The predicted octanol–water partition coefficient (Wildman–Crippen LogP) is 5.37. The second-order valence-corrected chi connectivity index (χ2v) is 14.9. The Hall–Kier alpha value is -2.66. The molecule has 0 saturated carbocycles. The van der Waals surface area contributed by atoms with Gasteiger partial charge in [0, 0.05) is 37.6 Å². The first-order chi connectivity index (χ1) is 18.8. The van der Waals surface area contributed by atoms with E-state index in [1.807, 2.05) is 12.1 Å². The molecule has 0 bridgehead atoms. The van der Waals surface area contributed by atoms with Crippen LogP contribution in [0.4, 0.5) is 0 Å². The number of ether oxygens (including phenoxy) is 1. The number of carbonyl (C=O) groups excluding carboxylic acids is 1. The quantitative estimate of drug-likeness (QED) is 0.340. The molecule has 1 aromatic carbocycles. The van der Waals surface area contributed by atoms with E-state index in [4.69, 9.17) is 20.8 Å². The summed E-state index contributed by atoms with van der Waals surface area (Å²) in [6.07, 6.45) is 1.35. The molecule has 8 nitrogen and oxygen atoms in total. The Kier molecular flexibility index (Phi) is 9.14. The second kappa shape index (κ2) is 12.1. The van der Waals surface area contributed by atoms with Crippen molar-refractivity contribution < 1.29 is 22.4 Å². The van der Waals surface area contributed by atoms with Gasteiger partial charge in [-0.15, -0.1) is 11.3 Å². The normalized spacial score (nSPS) is 15.0. The Morgan fingerprint density at radius 3 is 2.35 bits per heavy atom. The number of benzene rings is 1. The van der Waals surface area contributed by atoms with Gasteiger partial charge in [0.15, 0.2) is 9.84 Å². The highest BCUT2D eigenvalue weighted by molar-refractivity contribution is 7.92. The number of sulfone groups is 1. The van der Waals surface area contributed by atoms with Crippen molar-refractivity contribution in [3.63, 3.8) is 0 Å². The first-order valence-corrected chi connectivity index (χ1v) is 15.9. The van der Waals surface area contributed by atoms with Crippen molar-refractivity contribution in [1.29, 1.82) is 0 Å². The van der Waals surface area contributed by atoms with Crippen LogP contribution in [0.5, 0.6) is 5.75 Å². The van der Waals surface area contributed by atoms with Crippen LogP contribution in [0.2, 0.25) is 5.02 Å². The summed E-state index contributed by atoms with van der Waals surface area (Å²) in [5.41, 5.74) is 2.01. The van der Waals surface area contributed by atoms with Crippen molar-refractivity contribution in [2.45, 2.75) is 63.3 Å². The van der Waals surface area contributed by atoms with E-state index in [9.17, 15) is 18.0 Å². The number of nitrogens with zero attached hydrogens (tertiary/aromatic N) is 2. The van der Waals surface area contributed by atoms with Gasteiger partial charge in [-0.25, -0.2) is 8.42 Å². The molecule has 1 aliphatic rings. The molecule has 40 heavy (non-hydrogen) atoms. The van der Waals surface area contributed by atoms with Gasteiger partial charge < -0.3 is 14.1 Å². The number of thiophene rings is 1. The number of carbonyl (C=O) groups is 1. The van der Waals surface area contributed by atoms with Crippen LogP contribution < -0.4 is 10.2 Å². The number of hydrogen-bond donors (Lipinski definition) is 0. The maximum atomic E-state index is 13.1. The van der Waals surface area contributed by atoms with Crippen LogP contribution in [-0.4, -0.2) is 55.6 Å². The average Bonchev–Trinajstić information content (AvgIpc) is 3.30. The van der Waals surface area contributed by atoms with Crippen LogP contribution in [0.1, 0.15) is 61.2 Å². The molecule has 1 saturated heterocycles. The molecule has 0 spiro atoms. The molecule has 4 rings (SSSR count). The molecular weight excluding hydrogens is 572 g/mol. The number of rotatable bonds is 8. The minimum Gasteiger partial charge on any atom is -0.482 e. The molecular formula is C29H35ClN2O6S2. The van der Waals surface area contributed by atoms with Crippen LogP contribution in [0.3, 0.4) is 0 Å². The van der Waals surface area contributed by atoms with Gasteiger partial charge in [-0.05, 0) is 30.4 Å². The van der Waals surface area contributed by atoms with Gasteiger partial charge in [0.05, 0.1) is 21.7 Å². The molecule has 0 aliphatic carbocycles. The largest absolute Gasteiger partial charge is 0.482 e. The highest BCUT2D eigenvalue weighted by atomic mass is 35.5. The van der Waals surface area contributed by atoms with E-state index in [0.29, 0.717) is 38.5 Å². The topological polar surface area (TPSA) is 97.1 Å². The van der Waals surface area contributed by atoms with Gasteiger partial charge in [-0.1, -0.05) is 56.6 Å². The molecule has 1 aliphatic heterocycles. The summed E-state index contributed by atoms with van der Waals surface area (Å²) in [7, 11) is -3.57. The monoisotopic (exact) mass is 606 g/mol. The van der Waals surface area contributed by atoms with Crippen molar-refractivity contribution in [3.05, 3.63) is 79.0 Å². The molecule has 0 unspecified atom stereocenters. The minimum absolute atomic E-state index is 0.00265. The molecule has 216 valence electrons. The van der Waals surface area contributed by atoms with Crippen LogP contribution >= 0.6 is 22.9 Å². The molecule has 11 heteroatoms. The highest BCUT2D eigenvalue weighted by Gasteiger charge is 2.31. The summed E-state index contributed by atoms with van der Waals surface area (Å²) in [5.74, 6) is 0.392. The van der Waals surface area contributed by atoms with Crippen molar-refractivity contribution in [2.24, 2.45) is 0 Å². The van der Waals surface area contributed by atoms with E-state index in [2.05, 4.69) is 37.8 Å². The van der Waals surface area contributed by atoms with E-state index >= 15 is 0 Å². The Morgan fingerprint density at radius 2 is 1.77 bits per heavy atom. The van der Waals surface area contributed by atoms with Gasteiger partial charge in [-0.3, -0.25) is 14.5 Å². The molecule has 3 aromatic rings. The summed E-state index contributed by atoms with van der Waals surface area (Å²) in [5, 5.41) is 0.814. The fraction of sp³-hybridized carbons (Fsp3) is 0.448. The average molecular weight is 607 g/mol. The van der Waals surface area contributed by atoms with Gasteiger partial charge in [-0.2, -0.15) is 0 Å². The van der Waals surface area contributed by atoms with Crippen molar-refractivity contribution >= 4 is 38.7 Å². The third-order valence-electron chi connectivity index (χ3n) is 6.93. The number of amides is 1. The summed E-state index contributed by atoms with van der Waals surface area (Å²) >= 11 is 7.39. The molecule has 3 heterocycles. The van der Waals surface area contributed by atoms with Crippen LogP contribution in [-0.2, 0) is 28.4 Å². The number of hydrogen-bond acceptors (Lipinski definition) is 8. The van der Waals surface area contributed by atoms with Crippen molar-refractivity contribution in [3.8, 4) is 5.75 Å². The Bertz CT molecular complexity index is 1510. The third kappa shape index (κ3) is 6.79. The standard InChI is InChI=1S/C29H35ClN2O6S2/c1-19(2)40(35,36)25-18-39-27(26(25)30)28(34)32-12-10-31(11-13-32)15-22-14-23(33)24(17-37-22)38-16-20-6-8-21(9-7-20)29(3,4)5/h6-9,14,17-19H,10-13,15-16H2,1-5H3. The lowest BCUT2D eigenvalue weighted by atomic mass is 9.87. The Balaban J connectivity index is 1.30. The second-order valence-electron chi connectivity index (χ2n) is 11.2. The van der Waals surface area contributed by atoms with Gasteiger partial charge in [0.2, 0.25) is 11.2 Å². The first-order valence-electron chi connectivity index (χ1n) is 13.1. The number of halogens is 1. The minimum atomic E-state index is -3.57. The predicted molar refractivity (Wildman–Crippen MR) is 157 cm³/mol. The summed E-state index contributed by atoms with van der Waals surface area (Å²) < 4.78 is 36.4. The fourth-order valence-corrected chi connectivity index (χ4v) is 7.33. The van der Waals surface area contributed by atoms with Gasteiger partial charge in [0.25, 0.3) is 5.91 Å². The SMILES string of the molecule is CC(C)S(=O)(=O)c1csc(C(=O)N2CCN(Cc3cc(=O)c(OCc4ccc(C(C)(C)C)cc4)co3)CC2)c1Cl. The lowest BCUT2D eigenvalue weighted by molar-refractivity contribution is 0.0624. The van der Waals surface area contributed by atoms with E-state index in [1.54, 1.807) is 18.7 Å². The molecule has 2 aromatic heterocycles. The van der Waals surface area contributed by atoms with Gasteiger partial charge >= 0.3 is 0 Å². The first kappa shape index (κ1) is 30.3. The van der Waals surface area contributed by atoms with E-state index in [-0.39, 0.29) is 43.9 Å². The van der Waals surface area contributed by atoms with Gasteiger partial charge in [0.1, 0.15) is 23.5 Å². The summed E-state index contributed by atoms with van der Waals surface area (Å²) in [6.45, 7) is 12.3. The Morgan fingerprint density at radius 1 is 1.12 bits per heavy atom. The Labute approximate surface area is 244 Å². The smallest absolute Gasteiger partial charge is 0.265 e. The zero-order chi connectivity index (χ0) is 29.2. The zero-order valence-corrected chi connectivity index (χ0v) is 25.8. The van der Waals surface area contributed by atoms with Crippen LogP contribution in [0, 0.1) is 0 Å². The molecule has 0 atom stereocenters.